The summed E-state index contributed by atoms with van der Waals surface area (Å²) in [7, 11) is 0. The maximum Gasteiger partial charge on any atom is 0.306 e. The van der Waals surface area contributed by atoms with Gasteiger partial charge in [0.1, 0.15) is 13.2 Å². The fraction of sp³-hybridized carbons (Fsp3) is 0.946. The largest absolute Gasteiger partial charge is 0.462 e. The summed E-state index contributed by atoms with van der Waals surface area (Å²) in [4.78, 5) is 38.0. The number of unbranched alkanes of at least 4 members (excludes halogenated alkanes) is 35. The molecule has 6 nitrogen and oxygen atoms in total. The number of ether oxygens (including phenoxy) is 3. The summed E-state index contributed by atoms with van der Waals surface area (Å²) >= 11 is 0. The lowest BCUT2D eigenvalue weighted by molar-refractivity contribution is -0.167. The van der Waals surface area contributed by atoms with Crippen molar-refractivity contribution in [2.24, 2.45) is 11.8 Å². The molecule has 0 saturated carbocycles. The Morgan fingerprint density at radius 2 is 0.532 bits per heavy atom. The third-order valence-electron chi connectivity index (χ3n) is 12.7. The van der Waals surface area contributed by atoms with E-state index in [1.165, 1.54) is 199 Å². The fourth-order valence-corrected chi connectivity index (χ4v) is 8.52. The minimum absolute atomic E-state index is 0.0630. The lowest BCUT2D eigenvalue weighted by Gasteiger charge is -2.18. The fourth-order valence-electron chi connectivity index (χ4n) is 8.52. The summed E-state index contributed by atoms with van der Waals surface area (Å²) in [5.41, 5.74) is 0. The molecular formula is C56H108O6. The van der Waals surface area contributed by atoms with E-state index >= 15 is 0 Å². The van der Waals surface area contributed by atoms with Gasteiger partial charge in [0.05, 0.1) is 0 Å². The van der Waals surface area contributed by atoms with E-state index in [1.54, 1.807) is 0 Å². The highest BCUT2D eigenvalue weighted by Crippen LogP contribution is 2.18. The SMILES string of the molecule is CCCCCCCCCCCCC(=O)OC[C@H](COC(=O)CCCCCCCCCCCCCCCC(C)C)OC(=O)CCCCCCCCCCCCCCCCCC(C)C. The van der Waals surface area contributed by atoms with E-state index in [-0.39, 0.29) is 31.1 Å². The van der Waals surface area contributed by atoms with E-state index in [2.05, 4.69) is 34.6 Å². The van der Waals surface area contributed by atoms with E-state index in [1.807, 2.05) is 0 Å². The average Bonchev–Trinajstić information content (AvgIpc) is 3.24. The maximum absolute atomic E-state index is 12.8. The summed E-state index contributed by atoms with van der Waals surface area (Å²) in [6.45, 7) is 11.4. The Kier molecular flexibility index (Phi) is 47.6. The van der Waals surface area contributed by atoms with Crippen molar-refractivity contribution in [2.45, 2.75) is 317 Å². The zero-order valence-electron chi connectivity index (χ0n) is 42.5. The molecule has 0 aromatic carbocycles. The molecule has 0 heterocycles. The standard InChI is InChI=1S/C56H108O6/c1-6-7-8-9-10-11-26-31-36-41-46-54(57)60-49-53(50-61-55(58)47-42-37-32-27-22-19-15-17-21-25-30-35-40-45-52(4)5)62-56(59)48-43-38-33-28-23-18-14-12-13-16-20-24-29-34-39-44-51(2)3/h51-53H,6-50H2,1-5H3/t53-/m1/s1. The van der Waals surface area contributed by atoms with Gasteiger partial charge in [-0.05, 0) is 31.1 Å². The topological polar surface area (TPSA) is 78.9 Å². The van der Waals surface area contributed by atoms with Crippen LogP contribution in [0.4, 0.5) is 0 Å². The zero-order chi connectivity index (χ0) is 45.4. The third kappa shape index (κ3) is 49.4. The molecule has 0 aromatic rings. The van der Waals surface area contributed by atoms with Crippen molar-refractivity contribution in [2.75, 3.05) is 13.2 Å². The predicted molar refractivity (Wildman–Crippen MR) is 266 cm³/mol. The van der Waals surface area contributed by atoms with Gasteiger partial charge in [0.2, 0.25) is 0 Å². The number of hydrogen-bond donors (Lipinski definition) is 0. The Morgan fingerprint density at radius 1 is 0.306 bits per heavy atom. The van der Waals surface area contributed by atoms with Gasteiger partial charge < -0.3 is 14.2 Å². The summed E-state index contributed by atoms with van der Waals surface area (Å²) in [6, 6.07) is 0. The first kappa shape index (κ1) is 60.4. The quantitative estimate of drug-likeness (QED) is 0.0344. The maximum atomic E-state index is 12.8. The van der Waals surface area contributed by atoms with Gasteiger partial charge in [-0.1, -0.05) is 272 Å². The molecule has 0 saturated heterocycles. The Balaban J connectivity index is 4.26. The van der Waals surface area contributed by atoms with Gasteiger partial charge in [-0.3, -0.25) is 14.4 Å². The first-order valence-corrected chi connectivity index (χ1v) is 27.7. The van der Waals surface area contributed by atoms with Crippen LogP contribution in [-0.4, -0.2) is 37.2 Å². The molecule has 0 N–H and O–H groups in total. The summed E-state index contributed by atoms with van der Waals surface area (Å²) in [5.74, 6) is 0.844. The molecule has 0 bridgehead atoms. The van der Waals surface area contributed by atoms with Crippen LogP contribution < -0.4 is 0 Å². The molecule has 0 spiro atoms. The van der Waals surface area contributed by atoms with Gasteiger partial charge in [0, 0.05) is 19.3 Å². The molecular weight excluding hydrogens is 769 g/mol. The Hall–Kier alpha value is -1.59. The first-order valence-electron chi connectivity index (χ1n) is 27.7. The van der Waals surface area contributed by atoms with Gasteiger partial charge in [-0.15, -0.1) is 0 Å². The van der Waals surface area contributed by atoms with Gasteiger partial charge in [-0.2, -0.15) is 0 Å². The number of carbonyl (C=O) groups is 3. The molecule has 0 rings (SSSR count). The number of hydrogen-bond acceptors (Lipinski definition) is 6. The highest BCUT2D eigenvalue weighted by molar-refractivity contribution is 5.71. The highest BCUT2D eigenvalue weighted by atomic mass is 16.6. The van der Waals surface area contributed by atoms with Crippen LogP contribution in [0.25, 0.3) is 0 Å². The van der Waals surface area contributed by atoms with E-state index in [9.17, 15) is 14.4 Å². The van der Waals surface area contributed by atoms with Crippen LogP contribution in [0.3, 0.4) is 0 Å². The van der Waals surface area contributed by atoms with Crippen molar-refractivity contribution in [3.8, 4) is 0 Å². The molecule has 0 unspecified atom stereocenters. The third-order valence-corrected chi connectivity index (χ3v) is 12.7. The molecule has 368 valence electrons. The molecule has 0 aliphatic rings. The second-order valence-corrected chi connectivity index (χ2v) is 20.2. The van der Waals surface area contributed by atoms with Crippen LogP contribution in [0.1, 0.15) is 311 Å². The van der Waals surface area contributed by atoms with Crippen molar-refractivity contribution in [1.29, 1.82) is 0 Å². The van der Waals surface area contributed by atoms with E-state index in [0.29, 0.717) is 19.3 Å². The minimum atomic E-state index is -0.761. The van der Waals surface area contributed by atoms with E-state index < -0.39 is 6.10 Å². The molecule has 0 aliphatic carbocycles. The zero-order valence-corrected chi connectivity index (χ0v) is 42.5. The normalized spacial score (nSPS) is 12.0. The molecule has 0 aliphatic heterocycles. The second kappa shape index (κ2) is 48.9. The minimum Gasteiger partial charge on any atom is -0.462 e. The van der Waals surface area contributed by atoms with Crippen molar-refractivity contribution in [3.05, 3.63) is 0 Å². The Bertz CT molecular complexity index is 947. The molecule has 1 atom stereocenters. The monoisotopic (exact) mass is 877 g/mol. The first-order chi connectivity index (χ1) is 30.2. The van der Waals surface area contributed by atoms with Crippen LogP contribution in [0.2, 0.25) is 0 Å². The smallest absolute Gasteiger partial charge is 0.306 e. The van der Waals surface area contributed by atoms with Gasteiger partial charge in [0.25, 0.3) is 0 Å². The molecule has 0 fully saturated rings. The number of carbonyl (C=O) groups excluding carboxylic acids is 3. The predicted octanol–water partition coefficient (Wildman–Crippen LogP) is 18.1. The Labute approximate surface area is 387 Å². The van der Waals surface area contributed by atoms with Gasteiger partial charge in [-0.25, -0.2) is 0 Å². The van der Waals surface area contributed by atoms with Crippen LogP contribution in [-0.2, 0) is 28.6 Å². The molecule has 6 heteroatoms. The lowest BCUT2D eigenvalue weighted by Crippen LogP contribution is -2.30. The average molecular weight is 877 g/mol. The van der Waals surface area contributed by atoms with Crippen LogP contribution in [0.15, 0.2) is 0 Å². The van der Waals surface area contributed by atoms with Crippen LogP contribution >= 0.6 is 0 Å². The molecule has 62 heavy (non-hydrogen) atoms. The summed E-state index contributed by atoms with van der Waals surface area (Å²) in [5, 5.41) is 0. The van der Waals surface area contributed by atoms with Crippen molar-refractivity contribution < 1.29 is 28.6 Å². The molecule has 0 radical (unpaired) electrons. The van der Waals surface area contributed by atoms with Gasteiger partial charge >= 0.3 is 17.9 Å². The van der Waals surface area contributed by atoms with Crippen molar-refractivity contribution in [1.82, 2.24) is 0 Å². The second-order valence-electron chi connectivity index (χ2n) is 20.2. The van der Waals surface area contributed by atoms with Gasteiger partial charge in [0.15, 0.2) is 6.10 Å². The van der Waals surface area contributed by atoms with Crippen molar-refractivity contribution in [3.63, 3.8) is 0 Å². The molecule has 0 amide bonds. The number of rotatable bonds is 50. The van der Waals surface area contributed by atoms with Crippen LogP contribution in [0, 0.1) is 11.8 Å². The lowest BCUT2D eigenvalue weighted by atomic mass is 10.0. The number of esters is 3. The van der Waals surface area contributed by atoms with E-state index in [4.69, 9.17) is 14.2 Å². The highest BCUT2D eigenvalue weighted by Gasteiger charge is 2.19. The Morgan fingerprint density at radius 3 is 0.790 bits per heavy atom. The van der Waals surface area contributed by atoms with Crippen molar-refractivity contribution >= 4 is 17.9 Å². The summed E-state index contributed by atoms with van der Waals surface area (Å²) in [6.07, 6.45) is 50.9. The van der Waals surface area contributed by atoms with E-state index in [0.717, 1.165) is 69.6 Å². The van der Waals surface area contributed by atoms with Crippen LogP contribution in [0.5, 0.6) is 0 Å². The summed E-state index contributed by atoms with van der Waals surface area (Å²) < 4.78 is 16.8. The molecule has 0 aromatic heterocycles.